The van der Waals surface area contributed by atoms with Crippen LogP contribution in [0.3, 0.4) is 0 Å². The minimum Gasteiger partial charge on any atom is -0.299 e. The molecule has 0 spiro atoms. The van der Waals surface area contributed by atoms with Gasteiger partial charge >= 0.3 is 0 Å². The van der Waals surface area contributed by atoms with E-state index in [4.69, 9.17) is 0 Å². The topological polar surface area (TPSA) is 17.1 Å². The highest BCUT2D eigenvalue weighted by Crippen LogP contribution is 1.97. The summed E-state index contributed by atoms with van der Waals surface area (Å²) in [7, 11) is 0. The largest absolute Gasteiger partial charge is 0.299 e. The van der Waals surface area contributed by atoms with Crippen LogP contribution in [0.1, 0.15) is 19.8 Å². The molecule has 0 aromatic rings. The van der Waals surface area contributed by atoms with Crippen LogP contribution in [0.5, 0.6) is 0 Å². The Morgan fingerprint density at radius 1 is 1.60 bits per heavy atom. The van der Waals surface area contributed by atoms with Crippen LogP contribution in [0.15, 0.2) is 0 Å². The summed E-state index contributed by atoms with van der Waals surface area (Å²) < 4.78 is 0. The second-order valence-electron chi connectivity index (χ2n) is 1.90. The summed E-state index contributed by atoms with van der Waals surface area (Å²) >= 11 is 1.57. The van der Waals surface area contributed by atoms with Gasteiger partial charge in [-0.3, -0.25) is 4.79 Å². The van der Waals surface area contributed by atoms with E-state index in [2.05, 4.69) is 11.8 Å². The Balaban J connectivity index is 3.27. The summed E-state index contributed by atoms with van der Waals surface area (Å²) in [4.78, 5) is 10.8. The molecule has 0 saturated heterocycles. The molecule has 0 fully saturated rings. The molecule has 1 nitrogen and oxygen atoms in total. The molecule has 0 bridgehead atoms. The maximum absolute atomic E-state index is 10.8. The molecule has 56 valence electrons. The highest BCUT2D eigenvalue weighted by molar-refractivity contribution is 7.99. The van der Waals surface area contributed by atoms with E-state index in [1.54, 1.807) is 18.7 Å². The zero-order valence-corrected chi connectivity index (χ0v) is 7.25. The Hall–Kier alpha value is -0.420. The first-order chi connectivity index (χ1) is 4.81. The van der Waals surface area contributed by atoms with Gasteiger partial charge in [-0.2, -0.15) is 11.8 Å². The van der Waals surface area contributed by atoms with Gasteiger partial charge in [-0.25, -0.2) is 0 Å². The fourth-order valence-corrected chi connectivity index (χ4v) is 1.03. The number of rotatable bonds is 4. The summed E-state index contributed by atoms with van der Waals surface area (Å²) in [5.41, 5.74) is 0. The lowest BCUT2D eigenvalue weighted by atomic mass is 10.2. The zero-order chi connectivity index (χ0) is 7.82. The first kappa shape index (κ1) is 9.58. The molecule has 0 aliphatic heterocycles. The molecule has 0 aliphatic carbocycles. The van der Waals surface area contributed by atoms with Gasteiger partial charge in [0.15, 0.2) is 0 Å². The van der Waals surface area contributed by atoms with Crippen molar-refractivity contribution in [3.8, 4) is 11.8 Å². The molecule has 0 radical (unpaired) electrons. The van der Waals surface area contributed by atoms with Gasteiger partial charge in [0.2, 0.25) is 0 Å². The van der Waals surface area contributed by atoms with Crippen LogP contribution in [-0.2, 0) is 4.79 Å². The fourth-order valence-electron chi connectivity index (χ4n) is 0.560. The van der Waals surface area contributed by atoms with Gasteiger partial charge in [-0.1, -0.05) is 0 Å². The highest BCUT2D eigenvalue weighted by atomic mass is 32.2. The highest BCUT2D eigenvalue weighted by Gasteiger charge is 1.96. The molecule has 0 heterocycles. The molecular weight excluding hydrogens is 144 g/mol. The molecule has 2 heteroatoms. The minimum absolute atomic E-state index is 0.301. The third-order valence-corrected chi connectivity index (χ3v) is 1.62. The van der Waals surface area contributed by atoms with E-state index in [9.17, 15) is 4.79 Å². The van der Waals surface area contributed by atoms with E-state index >= 15 is 0 Å². The van der Waals surface area contributed by atoms with E-state index in [1.165, 1.54) is 0 Å². The number of Topliss-reactive ketones (excluding diaryl/α,β-unsaturated/α-hetero) is 1. The molecule has 0 amide bonds. The quantitative estimate of drug-likeness (QED) is 0.576. The number of ketones is 1. The van der Waals surface area contributed by atoms with Crippen molar-refractivity contribution < 1.29 is 4.79 Å². The molecule has 0 aromatic carbocycles. The van der Waals surface area contributed by atoms with Crippen molar-refractivity contribution in [2.75, 3.05) is 12.0 Å². The van der Waals surface area contributed by atoms with Crippen LogP contribution < -0.4 is 0 Å². The first-order valence-electron chi connectivity index (χ1n) is 3.21. The second-order valence-corrected chi connectivity index (χ2v) is 2.76. The van der Waals surface area contributed by atoms with Crippen LogP contribution in [0, 0.1) is 11.8 Å². The molecule has 0 aromatic heterocycles. The molecule has 0 atom stereocenters. The number of carbonyl (C=O) groups excluding carboxylic acids is 1. The Morgan fingerprint density at radius 3 is 2.80 bits per heavy atom. The van der Waals surface area contributed by atoms with Crippen molar-refractivity contribution in [3.05, 3.63) is 0 Å². The molecular formula is C8H12OS. The summed E-state index contributed by atoms with van der Waals surface area (Å²) in [6.07, 6.45) is 3.26. The van der Waals surface area contributed by atoms with Crippen molar-refractivity contribution in [1.82, 2.24) is 0 Å². The van der Waals surface area contributed by atoms with Crippen molar-refractivity contribution in [2.45, 2.75) is 19.8 Å². The Morgan fingerprint density at radius 2 is 2.30 bits per heavy atom. The molecule has 10 heavy (non-hydrogen) atoms. The van der Waals surface area contributed by atoms with Gasteiger partial charge in [0.25, 0.3) is 0 Å². The maximum Gasteiger partial charge on any atom is 0.143 e. The Kier molecular flexibility index (Phi) is 6.42. The molecule has 0 N–H and O–H groups in total. The van der Waals surface area contributed by atoms with Crippen LogP contribution in [0.2, 0.25) is 0 Å². The van der Waals surface area contributed by atoms with E-state index in [1.807, 2.05) is 6.26 Å². The number of carbonyl (C=O) groups is 1. The number of thioether (sulfide) groups is 1. The fraction of sp³-hybridized carbons (Fsp3) is 0.625. The van der Waals surface area contributed by atoms with Gasteiger partial charge < -0.3 is 0 Å². The second kappa shape index (κ2) is 6.70. The third-order valence-electron chi connectivity index (χ3n) is 1.01. The Bertz CT molecular complexity index is 152. The van der Waals surface area contributed by atoms with E-state index in [0.29, 0.717) is 18.0 Å². The van der Waals surface area contributed by atoms with E-state index in [-0.39, 0.29) is 0 Å². The van der Waals surface area contributed by atoms with Gasteiger partial charge in [0.05, 0.1) is 5.75 Å². The summed E-state index contributed by atoms with van der Waals surface area (Å²) in [6, 6.07) is 0. The SMILES string of the molecule is CC#CCCC(=O)CSC. The normalized spacial score (nSPS) is 8.20. The predicted octanol–water partition coefficient (Wildman–Crippen LogP) is 1.72. The van der Waals surface area contributed by atoms with Crippen LogP contribution in [0.4, 0.5) is 0 Å². The van der Waals surface area contributed by atoms with E-state index in [0.717, 1.165) is 6.42 Å². The zero-order valence-electron chi connectivity index (χ0n) is 6.44. The minimum atomic E-state index is 0.301. The van der Waals surface area contributed by atoms with Crippen molar-refractivity contribution in [2.24, 2.45) is 0 Å². The average Bonchev–Trinajstić information content (AvgIpc) is 1.89. The van der Waals surface area contributed by atoms with E-state index < -0.39 is 0 Å². The molecule has 0 unspecified atom stereocenters. The van der Waals surface area contributed by atoms with Crippen molar-refractivity contribution >= 4 is 17.5 Å². The predicted molar refractivity (Wildman–Crippen MR) is 46.1 cm³/mol. The van der Waals surface area contributed by atoms with Gasteiger partial charge in [0, 0.05) is 12.8 Å². The molecule has 0 rings (SSSR count). The van der Waals surface area contributed by atoms with Crippen molar-refractivity contribution in [3.63, 3.8) is 0 Å². The number of hydrogen-bond acceptors (Lipinski definition) is 2. The maximum atomic E-state index is 10.8. The smallest absolute Gasteiger partial charge is 0.143 e. The molecule has 0 aliphatic rings. The Labute approximate surface area is 66.6 Å². The summed E-state index contributed by atoms with van der Waals surface area (Å²) in [5.74, 6) is 6.55. The van der Waals surface area contributed by atoms with Gasteiger partial charge in [0.1, 0.15) is 5.78 Å². The monoisotopic (exact) mass is 156 g/mol. The van der Waals surface area contributed by atoms with Gasteiger partial charge in [-0.15, -0.1) is 11.8 Å². The first-order valence-corrected chi connectivity index (χ1v) is 4.61. The average molecular weight is 156 g/mol. The van der Waals surface area contributed by atoms with Crippen LogP contribution in [0.25, 0.3) is 0 Å². The summed E-state index contributed by atoms with van der Waals surface area (Å²) in [5, 5.41) is 0. The summed E-state index contributed by atoms with van der Waals surface area (Å²) in [6.45, 7) is 1.79. The van der Waals surface area contributed by atoms with Gasteiger partial charge in [-0.05, 0) is 13.2 Å². The van der Waals surface area contributed by atoms with Crippen LogP contribution in [-0.4, -0.2) is 17.8 Å². The molecule has 0 saturated carbocycles. The standard InChI is InChI=1S/C8H12OS/c1-3-4-5-6-8(9)7-10-2/h5-7H2,1-2H3. The lowest BCUT2D eigenvalue weighted by Gasteiger charge is -1.91. The number of hydrogen-bond donors (Lipinski definition) is 0. The van der Waals surface area contributed by atoms with Crippen molar-refractivity contribution in [1.29, 1.82) is 0 Å². The van der Waals surface area contributed by atoms with Crippen LogP contribution >= 0.6 is 11.8 Å². The third kappa shape index (κ3) is 5.71. The lowest BCUT2D eigenvalue weighted by molar-refractivity contribution is -0.116. The lowest BCUT2D eigenvalue weighted by Crippen LogP contribution is -1.99.